The van der Waals surface area contributed by atoms with Gasteiger partial charge in [0.05, 0.1) is 17.5 Å². The summed E-state index contributed by atoms with van der Waals surface area (Å²) in [5, 5.41) is 11.2. The quantitative estimate of drug-likeness (QED) is 0.908. The van der Waals surface area contributed by atoms with Crippen molar-refractivity contribution in [3.63, 3.8) is 0 Å². The number of amides is 2. The lowest BCUT2D eigenvalue weighted by molar-refractivity contribution is 0.244. The highest BCUT2D eigenvalue weighted by Gasteiger charge is 2.16. The number of fused-ring (bicyclic) bond motifs is 1. The molecule has 1 aliphatic rings. The van der Waals surface area contributed by atoms with Gasteiger partial charge in [-0.1, -0.05) is 19.3 Å². The lowest BCUT2D eigenvalue weighted by Gasteiger charge is -2.22. The van der Waals surface area contributed by atoms with E-state index in [1.165, 1.54) is 19.3 Å². The zero-order valence-corrected chi connectivity index (χ0v) is 13.8. The van der Waals surface area contributed by atoms with Gasteiger partial charge in [-0.25, -0.2) is 4.79 Å². The van der Waals surface area contributed by atoms with Gasteiger partial charge >= 0.3 is 6.03 Å². The summed E-state index contributed by atoms with van der Waals surface area (Å²) >= 11 is 0. The zero-order chi connectivity index (χ0) is 16.2. The predicted octanol–water partition coefficient (Wildman–Crippen LogP) is 3.43. The molecule has 0 atom stereocenters. The molecule has 0 aliphatic heterocycles. The smallest absolute Gasteiger partial charge is 0.319 e. The number of hydrogen-bond donors (Lipinski definition) is 2. The Labute approximate surface area is 136 Å². The van der Waals surface area contributed by atoms with E-state index in [1.807, 2.05) is 32.2 Å². The van der Waals surface area contributed by atoms with Crippen LogP contribution in [0.25, 0.3) is 10.9 Å². The van der Waals surface area contributed by atoms with E-state index in [9.17, 15) is 4.79 Å². The van der Waals surface area contributed by atoms with E-state index in [4.69, 9.17) is 4.74 Å². The third-order valence-corrected chi connectivity index (χ3v) is 4.30. The highest BCUT2D eigenvalue weighted by atomic mass is 16.5. The van der Waals surface area contributed by atoms with Crippen LogP contribution in [0.15, 0.2) is 18.2 Å². The average Bonchev–Trinajstić information content (AvgIpc) is 2.84. The molecular formula is C17H24N4O2. The van der Waals surface area contributed by atoms with Gasteiger partial charge in [0.1, 0.15) is 0 Å². The van der Waals surface area contributed by atoms with Gasteiger partial charge in [0.15, 0.2) is 0 Å². The first kappa shape index (κ1) is 15.6. The second-order valence-electron chi connectivity index (χ2n) is 6.03. The molecule has 6 heteroatoms. The number of urea groups is 1. The Balaban J connectivity index is 1.72. The van der Waals surface area contributed by atoms with Gasteiger partial charge in [-0.2, -0.15) is 0 Å². The van der Waals surface area contributed by atoms with Gasteiger partial charge in [0, 0.05) is 18.8 Å². The van der Waals surface area contributed by atoms with Crippen LogP contribution >= 0.6 is 0 Å². The lowest BCUT2D eigenvalue weighted by atomic mass is 9.96. The standard InChI is InChI=1S/C17H24N4O2/c1-3-23-16-14-11-13(9-10-15(14)21(2)20-16)19-17(22)18-12-7-5-4-6-8-12/h9-12H,3-8H2,1-2H3,(H2,18,19,22). The first-order chi connectivity index (χ1) is 11.2. The number of nitrogens with zero attached hydrogens (tertiary/aromatic N) is 2. The Hall–Kier alpha value is -2.24. The van der Waals surface area contributed by atoms with Gasteiger partial charge in [-0.3, -0.25) is 4.68 Å². The maximum absolute atomic E-state index is 12.2. The van der Waals surface area contributed by atoms with Crippen LogP contribution < -0.4 is 15.4 Å². The molecule has 2 amide bonds. The van der Waals surface area contributed by atoms with Gasteiger partial charge < -0.3 is 15.4 Å². The molecule has 2 N–H and O–H groups in total. The maximum Gasteiger partial charge on any atom is 0.319 e. The summed E-state index contributed by atoms with van der Waals surface area (Å²) in [6, 6.07) is 5.90. The number of carbonyl (C=O) groups is 1. The molecule has 1 aliphatic carbocycles. The van der Waals surface area contributed by atoms with Gasteiger partial charge in [-0.05, 0) is 38.0 Å². The molecule has 2 aromatic rings. The van der Waals surface area contributed by atoms with Crippen molar-refractivity contribution < 1.29 is 9.53 Å². The van der Waals surface area contributed by atoms with Crippen LogP contribution in [0.2, 0.25) is 0 Å². The van der Waals surface area contributed by atoms with Crippen molar-refractivity contribution in [1.29, 1.82) is 0 Å². The van der Waals surface area contributed by atoms with Gasteiger partial charge in [0.25, 0.3) is 0 Å². The molecule has 23 heavy (non-hydrogen) atoms. The molecule has 0 bridgehead atoms. The number of benzene rings is 1. The van der Waals surface area contributed by atoms with Crippen molar-refractivity contribution in [2.75, 3.05) is 11.9 Å². The van der Waals surface area contributed by atoms with Crippen LogP contribution in [0, 0.1) is 0 Å². The predicted molar refractivity (Wildman–Crippen MR) is 90.9 cm³/mol. The lowest BCUT2D eigenvalue weighted by Crippen LogP contribution is -2.38. The van der Waals surface area contributed by atoms with Crippen LogP contribution in [0.1, 0.15) is 39.0 Å². The van der Waals surface area contributed by atoms with Crippen molar-refractivity contribution in [3.8, 4) is 5.88 Å². The molecule has 124 valence electrons. The SMILES string of the molecule is CCOc1nn(C)c2ccc(NC(=O)NC3CCCCC3)cc12. The van der Waals surface area contributed by atoms with Gasteiger partial charge in [-0.15, -0.1) is 5.10 Å². The summed E-state index contributed by atoms with van der Waals surface area (Å²) in [6.45, 7) is 2.49. The van der Waals surface area contributed by atoms with Crippen molar-refractivity contribution in [2.24, 2.45) is 7.05 Å². The number of nitrogens with one attached hydrogen (secondary N) is 2. The van der Waals surface area contributed by atoms with E-state index in [2.05, 4.69) is 15.7 Å². The van der Waals surface area contributed by atoms with Crippen LogP contribution in [0.3, 0.4) is 0 Å². The number of aryl methyl sites for hydroxylation is 1. The Morgan fingerprint density at radius 3 is 2.87 bits per heavy atom. The molecule has 0 unspecified atom stereocenters. The molecular weight excluding hydrogens is 292 g/mol. The largest absolute Gasteiger partial charge is 0.476 e. The second-order valence-corrected chi connectivity index (χ2v) is 6.03. The topological polar surface area (TPSA) is 68.2 Å². The average molecular weight is 316 g/mol. The number of hydrogen-bond acceptors (Lipinski definition) is 3. The minimum Gasteiger partial charge on any atom is -0.476 e. The third-order valence-electron chi connectivity index (χ3n) is 4.30. The summed E-state index contributed by atoms with van der Waals surface area (Å²) in [7, 11) is 1.88. The van der Waals surface area contributed by atoms with E-state index >= 15 is 0 Å². The fourth-order valence-corrected chi connectivity index (χ4v) is 3.15. The van der Waals surface area contributed by atoms with E-state index < -0.39 is 0 Å². The number of carbonyl (C=O) groups excluding carboxylic acids is 1. The van der Waals surface area contributed by atoms with Crippen LogP contribution in [0.4, 0.5) is 10.5 Å². The monoisotopic (exact) mass is 316 g/mol. The highest BCUT2D eigenvalue weighted by Crippen LogP contribution is 2.27. The van der Waals surface area contributed by atoms with E-state index in [-0.39, 0.29) is 6.03 Å². The number of rotatable bonds is 4. The fourth-order valence-electron chi connectivity index (χ4n) is 3.15. The molecule has 1 saturated carbocycles. The van der Waals surface area contributed by atoms with Crippen molar-refractivity contribution in [2.45, 2.75) is 45.1 Å². The van der Waals surface area contributed by atoms with E-state index in [0.29, 0.717) is 18.5 Å². The van der Waals surface area contributed by atoms with Crippen molar-refractivity contribution >= 4 is 22.6 Å². The Morgan fingerprint density at radius 2 is 2.13 bits per heavy atom. The summed E-state index contributed by atoms with van der Waals surface area (Å²) < 4.78 is 7.35. The maximum atomic E-state index is 12.2. The number of ether oxygens (including phenoxy) is 1. The molecule has 0 spiro atoms. The minimum atomic E-state index is -0.141. The third kappa shape index (κ3) is 3.57. The summed E-state index contributed by atoms with van der Waals surface area (Å²) in [6.07, 6.45) is 5.82. The minimum absolute atomic E-state index is 0.141. The van der Waals surface area contributed by atoms with Crippen LogP contribution in [0.5, 0.6) is 5.88 Å². The van der Waals surface area contributed by atoms with Crippen LogP contribution in [-0.2, 0) is 7.05 Å². The summed E-state index contributed by atoms with van der Waals surface area (Å²) in [4.78, 5) is 12.2. The Kier molecular flexibility index (Phi) is 4.69. The van der Waals surface area contributed by atoms with E-state index in [0.717, 1.165) is 29.4 Å². The zero-order valence-electron chi connectivity index (χ0n) is 13.8. The molecule has 0 saturated heterocycles. The van der Waals surface area contributed by atoms with Crippen molar-refractivity contribution in [3.05, 3.63) is 18.2 Å². The number of aromatic nitrogens is 2. The normalized spacial score (nSPS) is 15.6. The summed E-state index contributed by atoms with van der Waals surface area (Å²) in [5.74, 6) is 0.598. The summed E-state index contributed by atoms with van der Waals surface area (Å²) in [5.41, 5.74) is 1.73. The Morgan fingerprint density at radius 1 is 1.35 bits per heavy atom. The highest BCUT2D eigenvalue weighted by molar-refractivity contribution is 5.94. The van der Waals surface area contributed by atoms with E-state index in [1.54, 1.807) is 4.68 Å². The molecule has 1 fully saturated rings. The molecule has 0 radical (unpaired) electrons. The molecule has 1 aromatic heterocycles. The van der Waals surface area contributed by atoms with Crippen molar-refractivity contribution in [1.82, 2.24) is 15.1 Å². The second kappa shape index (κ2) is 6.89. The van der Waals surface area contributed by atoms with Crippen LogP contribution in [-0.4, -0.2) is 28.5 Å². The molecule has 3 rings (SSSR count). The molecule has 1 aromatic carbocycles. The number of anilines is 1. The molecule has 6 nitrogen and oxygen atoms in total. The van der Waals surface area contributed by atoms with Gasteiger partial charge in [0.2, 0.25) is 5.88 Å². The first-order valence-electron chi connectivity index (χ1n) is 8.34. The molecule has 1 heterocycles. The fraction of sp³-hybridized carbons (Fsp3) is 0.529. The first-order valence-corrected chi connectivity index (χ1v) is 8.34. The Bertz CT molecular complexity index is 689.